The molecule has 1 atom stereocenters. The van der Waals surface area contributed by atoms with Crippen LogP contribution in [-0.2, 0) is 26.2 Å². The van der Waals surface area contributed by atoms with Crippen LogP contribution in [0.3, 0.4) is 0 Å². The highest BCUT2D eigenvalue weighted by Crippen LogP contribution is 2.27. The number of sulfonamides is 1. The van der Waals surface area contributed by atoms with Gasteiger partial charge in [0.25, 0.3) is 10.0 Å². The zero-order valence-electron chi connectivity index (χ0n) is 23.0. The van der Waals surface area contributed by atoms with Gasteiger partial charge in [-0.2, -0.15) is 0 Å². The zero-order valence-corrected chi connectivity index (χ0v) is 25.4. The maximum absolute atomic E-state index is 14.1. The second kappa shape index (κ2) is 14.1. The molecule has 1 aliphatic rings. The fraction of sp³-hybridized carbons (Fsp3) is 0.355. The smallest absolute Gasteiger partial charge is 0.264 e. The summed E-state index contributed by atoms with van der Waals surface area (Å²) in [6, 6.07) is 19.6. The standard InChI is InChI=1S/C31H35BrFN3O4S/c1-2-29(31(38)34-26-11-5-3-6-12-26)35(21-23-16-18-25(33)19-17-23)30(37)22-36(27-13-9-10-24(32)20-27)41(39,40)28-14-7-4-8-15-28/h4,7-10,13-20,26,29H,2-3,5-6,11-12,21-22H2,1H3,(H,34,38). The Hall–Kier alpha value is -3.24. The van der Waals surface area contributed by atoms with Gasteiger partial charge in [-0.3, -0.25) is 13.9 Å². The Kier molecular flexibility index (Phi) is 10.6. The third kappa shape index (κ3) is 7.95. The first-order chi connectivity index (χ1) is 19.7. The minimum atomic E-state index is -4.14. The first kappa shape index (κ1) is 30.7. The molecular formula is C31H35BrFN3O4S. The Morgan fingerprint density at radius 3 is 2.29 bits per heavy atom. The second-order valence-electron chi connectivity index (χ2n) is 10.2. The Balaban J connectivity index is 1.69. The van der Waals surface area contributed by atoms with E-state index in [0.29, 0.717) is 22.1 Å². The summed E-state index contributed by atoms with van der Waals surface area (Å²) >= 11 is 3.40. The van der Waals surface area contributed by atoms with Crippen molar-refractivity contribution in [1.82, 2.24) is 10.2 Å². The number of rotatable bonds is 11. The molecule has 0 saturated heterocycles. The third-order valence-corrected chi connectivity index (χ3v) is 9.59. The van der Waals surface area contributed by atoms with Crippen molar-refractivity contribution in [2.45, 2.75) is 69.0 Å². The predicted octanol–water partition coefficient (Wildman–Crippen LogP) is 6.04. The number of anilines is 1. The van der Waals surface area contributed by atoms with Gasteiger partial charge in [-0.1, -0.05) is 78.5 Å². The maximum atomic E-state index is 14.1. The normalized spacial score (nSPS) is 14.7. The van der Waals surface area contributed by atoms with Crippen LogP contribution in [0.5, 0.6) is 0 Å². The molecule has 1 aliphatic carbocycles. The number of nitrogens with one attached hydrogen (secondary N) is 1. The van der Waals surface area contributed by atoms with Gasteiger partial charge in [0, 0.05) is 17.1 Å². The van der Waals surface area contributed by atoms with Crippen LogP contribution in [0.2, 0.25) is 0 Å². The summed E-state index contributed by atoms with van der Waals surface area (Å²) in [6.07, 6.45) is 5.33. The van der Waals surface area contributed by atoms with E-state index in [4.69, 9.17) is 0 Å². The molecule has 1 N–H and O–H groups in total. The van der Waals surface area contributed by atoms with Crippen LogP contribution in [0.15, 0.2) is 88.2 Å². The summed E-state index contributed by atoms with van der Waals surface area (Å²) in [5, 5.41) is 3.12. The maximum Gasteiger partial charge on any atom is 0.264 e. The SMILES string of the molecule is CCC(C(=O)NC1CCCCC1)N(Cc1ccc(F)cc1)C(=O)CN(c1cccc(Br)c1)S(=O)(=O)c1ccccc1. The predicted molar refractivity (Wildman–Crippen MR) is 161 cm³/mol. The number of carbonyl (C=O) groups is 2. The average molecular weight is 645 g/mol. The summed E-state index contributed by atoms with van der Waals surface area (Å²) in [6.45, 7) is 1.32. The number of amides is 2. The molecule has 1 saturated carbocycles. The summed E-state index contributed by atoms with van der Waals surface area (Å²) in [7, 11) is -4.14. The highest BCUT2D eigenvalue weighted by molar-refractivity contribution is 9.10. The van der Waals surface area contributed by atoms with E-state index >= 15 is 0 Å². The number of halogens is 2. The molecule has 3 aromatic carbocycles. The van der Waals surface area contributed by atoms with E-state index in [9.17, 15) is 22.4 Å². The Morgan fingerprint density at radius 1 is 0.976 bits per heavy atom. The van der Waals surface area contributed by atoms with Gasteiger partial charge in [-0.15, -0.1) is 0 Å². The van der Waals surface area contributed by atoms with Crippen molar-refractivity contribution < 1.29 is 22.4 Å². The van der Waals surface area contributed by atoms with E-state index in [2.05, 4.69) is 21.2 Å². The van der Waals surface area contributed by atoms with E-state index in [-0.39, 0.29) is 23.4 Å². The lowest BCUT2D eigenvalue weighted by atomic mass is 9.95. The van der Waals surface area contributed by atoms with Crippen molar-refractivity contribution in [2.75, 3.05) is 10.8 Å². The van der Waals surface area contributed by atoms with Crippen molar-refractivity contribution >= 4 is 43.5 Å². The number of benzene rings is 3. The highest BCUT2D eigenvalue weighted by atomic mass is 79.9. The monoisotopic (exact) mass is 643 g/mol. The van der Waals surface area contributed by atoms with Crippen LogP contribution in [-0.4, -0.2) is 43.8 Å². The lowest BCUT2D eigenvalue weighted by molar-refractivity contribution is -0.140. The van der Waals surface area contributed by atoms with E-state index < -0.39 is 34.3 Å². The van der Waals surface area contributed by atoms with Crippen molar-refractivity contribution in [3.63, 3.8) is 0 Å². The average Bonchev–Trinajstić information content (AvgIpc) is 2.97. The molecule has 7 nitrogen and oxygen atoms in total. The topological polar surface area (TPSA) is 86.8 Å². The number of hydrogen-bond acceptors (Lipinski definition) is 4. The molecule has 4 rings (SSSR count). The van der Waals surface area contributed by atoms with Crippen LogP contribution in [0, 0.1) is 5.82 Å². The van der Waals surface area contributed by atoms with Crippen molar-refractivity contribution in [3.05, 3.63) is 94.7 Å². The highest BCUT2D eigenvalue weighted by Gasteiger charge is 2.34. The van der Waals surface area contributed by atoms with Crippen LogP contribution >= 0.6 is 15.9 Å². The van der Waals surface area contributed by atoms with E-state index in [1.165, 1.54) is 29.2 Å². The molecule has 0 spiro atoms. The minimum Gasteiger partial charge on any atom is -0.352 e. The van der Waals surface area contributed by atoms with Gasteiger partial charge >= 0.3 is 0 Å². The lowest BCUT2D eigenvalue weighted by Crippen LogP contribution is -2.54. The largest absolute Gasteiger partial charge is 0.352 e. The van der Waals surface area contributed by atoms with Crippen molar-refractivity contribution in [1.29, 1.82) is 0 Å². The van der Waals surface area contributed by atoms with E-state index in [1.54, 1.807) is 54.6 Å². The van der Waals surface area contributed by atoms with E-state index in [0.717, 1.165) is 36.4 Å². The molecule has 1 fully saturated rings. The third-order valence-electron chi connectivity index (χ3n) is 7.31. The van der Waals surface area contributed by atoms with Crippen molar-refractivity contribution in [2.24, 2.45) is 0 Å². The molecule has 10 heteroatoms. The number of carbonyl (C=O) groups excluding carboxylic acids is 2. The first-order valence-electron chi connectivity index (χ1n) is 13.9. The van der Waals surface area contributed by atoms with Gasteiger partial charge in [0.2, 0.25) is 11.8 Å². The van der Waals surface area contributed by atoms with Gasteiger partial charge < -0.3 is 10.2 Å². The first-order valence-corrected chi connectivity index (χ1v) is 16.1. The molecule has 2 amide bonds. The Morgan fingerprint density at radius 2 is 1.66 bits per heavy atom. The second-order valence-corrected chi connectivity index (χ2v) is 13.0. The van der Waals surface area contributed by atoms with Crippen LogP contribution < -0.4 is 9.62 Å². The van der Waals surface area contributed by atoms with Crippen LogP contribution in [0.1, 0.15) is 51.0 Å². The molecule has 1 unspecified atom stereocenters. The molecule has 0 heterocycles. The molecule has 0 aliphatic heterocycles. The van der Waals surface area contributed by atoms with Crippen LogP contribution in [0.25, 0.3) is 0 Å². The zero-order chi connectivity index (χ0) is 29.4. The van der Waals surface area contributed by atoms with Crippen LogP contribution in [0.4, 0.5) is 10.1 Å². The molecule has 0 radical (unpaired) electrons. The van der Waals surface area contributed by atoms with Gasteiger partial charge in [0.1, 0.15) is 18.4 Å². The quantitative estimate of drug-likeness (QED) is 0.276. The van der Waals surface area contributed by atoms with Gasteiger partial charge in [-0.25, -0.2) is 12.8 Å². The summed E-state index contributed by atoms with van der Waals surface area (Å²) in [5.41, 5.74) is 0.932. The molecular weight excluding hydrogens is 609 g/mol. The van der Waals surface area contributed by atoms with Gasteiger partial charge in [0.05, 0.1) is 10.6 Å². The van der Waals surface area contributed by atoms with Gasteiger partial charge in [0.15, 0.2) is 0 Å². The Labute approximate surface area is 249 Å². The van der Waals surface area contributed by atoms with Gasteiger partial charge in [-0.05, 0) is 67.3 Å². The fourth-order valence-corrected chi connectivity index (χ4v) is 6.94. The van der Waals surface area contributed by atoms with Crippen molar-refractivity contribution in [3.8, 4) is 0 Å². The summed E-state index contributed by atoms with van der Waals surface area (Å²) in [4.78, 5) is 29.1. The lowest BCUT2D eigenvalue weighted by Gasteiger charge is -2.34. The summed E-state index contributed by atoms with van der Waals surface area (Å²) < 4.78 is 43.1. The summed E-state index contributed by atoms with van der Waals surface area (Å²) in [5.74, 6) is -1.22. The van der Waals surface area contributed by atoms with E-state index in [1.807, 2.05) is 6.92 Å². The molecule has 41 heavy (non-hydrogen) atoms. The Bertz CT molecular complexity index is 1430. The minimum absolute atomic E-state index is 0.0212. The fourth-order valence-electron chi connectivity index (χ4n) is 5.13. The molecule has 0 aromatic heterocycles. The molecule has 0 bridgehead atoms. The number of hydrogen-bond donors (Lipinski definition) is 1. The number of nitrogens with zero attached hydrogens (tertiary/aromatic N) is 2. The molecule has 3 aromatic rings. The molecule has 218 valence electrons.